The lowest BCUT2D eigenvalue weighted by Crippen LogP contribution is -2.56. The number of alkyl halides is 3. The number of H-pyrrole nitrogens is 1. The molecule has 1 N–H and O–H groups in total. The fourth-order valence-corrected chi connectivity index (χ4v) is 2.85. The fraction of sp³-hybridized carbons (Fsp3) is 0.222. The first-order valence-corrected chi connectivity index (χ1v) is 7.97. The van der Waals surface area contributed by atoms with E-state index in [9.17, 15) is 18.0 Å². The maximum atomic E-state index is 12.7. The second-order valence-electron chi connectivity index (χ2n) is 6.09. The van der Waals surface area contributed by atoms with Gasteiger partial charge in [0.1, 0.15) is 11.8 Å². The summed E-state index contributed by atoms with van der Waals surface area (Å²) in [5.74, 6) is -0.233. The standard InChI is InChI=1S/C18H14F3N3O2/c19-18(20,21)15-2-1-3-16(23-15)26-13-9-24(10-13)17(25)12-5-4-11-6-7-22-14(11)8-12/h1-8,13,22H,9-10H2. The summed E-state index contributed by atoms with van der Waals surface area (Å²) in [6.45, 7) is 0.610. The van der Waals surface area contributed by atoms with Gasteiger partial charge in [-0.25, -0.2) is 4.98 Å². The number of pyridine rings is 1. The van der Waals surface area contributed by atoms with E-state index in [2.05, 4.69) is 9.97 Å². The molecule has 3 aromatic rings. The topological polar surface area (TPSA) is 58.2 Å². The van der Waals surface area contributed by atoms with Crippen LogP contribution in [0.5, 0.6) is 5.88 Å². The van der Waals surface area contributed by atoms with Crippen LogP contribution < -0.4 is 4.74 Å². The number of halogens is 3. The number of aromatic amines is 1. The van der Waals surface area contributed by atoms with Gasteiger partial charge >= 0.3 is 6.18 Å². The van der Waals surface area contributed by atoms with Crippen LogP contribution in [0.3, 0.4) is 0 Å². The lowest BCUT2D eigenvalue weighted by atomic mass is 10.1. The van der Waals surface area contributed by atoms with Crippen LogP contribution >= 0.6 is 0 Å². The van der Waals surface area contributed by atoms with Crippen LogP contribution in [0.25, 0.3) is 10.9 Å². The third-order valence-electron chi connectivity index (χ3n) is 4.24. The van der Waals surface area contributed by atoms with Gasteiger partial charge in [0.05, 0.1) is 13.1 Å². The van der Waals surface area contributed by atoms with Crippen LogP contribution in [0.4, 0.5) is 13.2 Å². The minimum atomic E-state index is -4.52. The number of nitrogens with one attached hydrogen (secondary N) is 1. The van der Waals surface area contributed by atoms with Crippen molar-refractivity contribution in [3.8, 4) is 5.88 Å². The zero-order valence-corrected chi connectivity index (χ0v) is 13.5. The summed E-state index contributed by atoms with van der Waals surface area (Å²) in [5, 5.41) is 1.02. The number of ether oxygens (including phenoxy) is 1. The number of fused-ring (bicyclic) bond motifs is 1. The molecular weight excluding hydrogens is 347 g/mol. The highest BCUT2D eigenvalue weighted by Crippen LogP contribution is 2.29. The van der Waals surface area contributed by atoms with E-state index < -0.39 is 11.9 Å². The molecule has 8 heteroatoms. The Morgan fingerprint density at radius 2 is 2.00 bits per heavy atom. The quantitative estimate of drug-likeness (QED) is 0.777. The maximum Gasteiger partial charge on any atom is 0.433 e. The second-order valence-corrected chi connectivity index (χ2v) is 6.09. The summed E-state index contributed by atoms with van der Waals surface area (Å²) in [7, 11) is 0. The Morgan fingerprint density at radius 1 is 1.19 bits per heavy atom. The number of hydrogen-bond donors (Lipinski definition) is 1. The van der Waals surface area contributed by atoms with E-state index in [1.54, 1.807) is 23.2 Å². The summed E-state index contributed by atoms with van der Waals surface area (Å²) in [4.78, 5) is 20.6. The predicted octanol–water partition coefficient (Wildman–Crippen LogP) is 3.49. The molecule has 1 amide bonds. The Hall–Kier alpha value is -3.03. The normalized spacial score (nSPS) is 15.1. The number of rotatable bonds is 3. The van der Waals surface area contributed by atoms with Gasteiger partial charge < -0.3 is 14.6 Å². The van der Waals surface area contributed by atoms with Crippen LogP contribution in [0, 0.1) is 0 Å². The summed E-state index contributed by atoms with van der Waals surface area (Å²) < 4.78 is 43.5. The average Bonchev–Trinajstić information content (AvgIpc) is 3.04. The first-order valence-electron chi connectivity index (χ1n) is 7.97. The molecule has 4 rings (SSSR count). The van der Waals surface area contributed by atoms with Gasteiger partial charge in [-0.2, -0.15) is 13.2 Å². The molecule has 1 saturated heterocycles. The molecule has 0 spiro atoms. The molecule has 0 aliphatic carbocycles. The number of benzene rings is 1. The smallest absolute Gasteiger partial charge is 0.433 e. The largest absolute Gasteiger partial charge is 0.471 e. The van der Waals surface area contributed by atoms with Crippen molar-refractivity contribution in [1.29, 1.82) is 0 Å². The molecule has 1 aliphatic rings. The molecule has 134 valence electrons. The Morgan fingerprint density at radius 3 is 2.77 bits per heavy atom. The Kier molecular flexibility index (Phi) is 3.82. The van der Waals surface area contributed by atoms with Gasteiger partial charge in [0.25, 0.3) is 5.91 Å². The van der Waals surface area contributed by atoms with Gasteiger partial charge in [-0.3, -0.25) is 4.79 Å². The van der Waals surface area contributed by atoms with Crippen molar-refractivity contribution in [3.63, 3.8) is 0 Å². The van der Waals surface area contributed by atoms with Crippen molar-refractivity contribution in [2.75, 3.05) is 13.1 Å². The van der Waals surface area contributed by atoms with Gasteiger partial charge in [0.15, 0.2) is 0 Å². The second kappa shape index (κ2) is 6.05. The van der Waals surface area contributed by atoms with Gasteiger partial charge in [-0.15, -0.1) is 0 Å². The van der Waals surface area contributed by atoms with E-state index in [1.165, 1.54) is 12.1 Å². The molecule has 0 bridgehead atoms. The molecule has 5 nitrogen and oxygen atoms in total. The summed E-state index contributed by atoms with van der Waals surface area (Å²) >= 11 is 0. The number of likely N-dealkylation sites (tertiary alicyclic amines) is 1. The molecular formula is C18H14F3N3O2. The van der Waals surface area contributed by atoms with Crippen molar-refractivity contribution < 1.29 is 22.7 Å². The van der Waals surface area contributed by atoms with E-state index in [0.717, 1.165) is 17.0 Å². The zero-order valence-electron chi connectivity index (χ0n) is 13.5. The third kappa shape index (κ3) is 3.10. The minimum absolute atomic E-state index is 0.0928. The van der Waals surface area contributed by atoms with Crippen molar-refractivity contribution in [2.24, 2.45) is 0 Å². The molecule has 2 aromatic heterocycles. The first-order chi connectivity index (χ1) is 12.4. The highest BCUT2D eigenvalue weighted by Gasteiger charge is 2.35. The number of aromatic nitrogens is 2. The Bertz CT molecular complexity index is 961. The van der Waals surface area contributed by atoms with Crippen molar-refractivity contribution in [3.05, 3.63) is 59.9 Å². The lowest BCUT2D eigenvalue weighted by molar-refractivity contribution is -0.141. The lowest BCUT2D eigenvalue weighted by Gasteiger charge is -2.38. The van der Waals surface area contributed by atoms with Gasteiger partial charge in [-0.1, -0.05) is 12.1 Å². The van der Waals surface area contributed by atoms with Crippen molar-refractivity contribution >= 4 is 16.8 Å². The monoisotopic (exact) mass is 361 g/mol. The Labute approximate surface area is 146 Å². The van der Waals surface area contributed by atoms with Crippen LogP contribution in [0.15, 0.2) is 48.7 Å². The van der Waals surface area contributed by atoms with Gasteiger partial charge in [0, 0.05) is 23.3 Å². The van der Waals surface area contributed by atoms with E-state index in [0.29, 0.717) is 18.7 Å². The third-order valence-corrected chi connectivity index (χ3v) is 4.24. The number of hydrogen-bond acceptors (Lipinski definition) is 3. The highest BCUT2D eigenvalue weighted by molar-refractivity contribution is 5.98. The Balaban J connectivity index is 1.38. The van der Waals surface area contributed by atoms with E-state index in [-0.39, 0.29) is 17.9 Å². The maximum absolute atomic E-state index is 12.7. The number of carbonyl (C=O) groups is 1. The number of amides is 1. The van der Waals surface area contributed by atoms with Crippen LogP contribution in [0.1, 0.15) is 16.1 Å². The molecule has 3 heterocycles. The van der Waals surface area contributed by atoms with Crippen molar-refractivity contribution in [2.45, 2.75) is 12.3 Å². The fourth-order valence-electron chi connectivity index (χ4n) is 2.85. The summed E-state index contributed by atoms with van der Waals surface area (Å²) in [6, 6.07) is 10.8. The van der Waals surface area contributed by atoms with Gasteiger partial charge in [-0.05, 0) is 29.7 Å². The number of carbonyl (C=O) groups excluding carboxylic acids is 1. The molecule has 0 atom stereocenters. The number of nitrogens with zero attached hydrogens (tertiary/aromatic N) is 2. The average molecular weight is 361 g/mol. The van der Waals surface area contributed by atoms with Crippen LogP contribution in [-0.2, 0) is 6.18 Å². The van der Waals surface area contributed by atoms with Crippen LogP contribution in [0.2, 0.25) is 0 Å². The SMILES string of the molecule is O=C(c1ccc2cc[nH]c2c1)N1CC(Oc2cccc(C(F)(F)F)n2)C1. The van der Waals surface area contributed by atoms with Crippen molar-refractivity contribution in [1.82, 2.24) is 14.9 Å². The molecule has 26 heavy (non-hydrogen) atoms. The highest BCUT2D eigenvalue weighted by atomic mass is 19.4. The molecule has 0 unspecified atom stereocenters. The minimum Gasteiger partial charge on any atom is -0.471 e. The summed E-state index contributed by atoms with van der Waals surface area (Å²) in [5.41, 5.74) is 0.425. The molecule has 1 aromatic carbocycles. The van der Waals surface area contributed by atoms with E-state index >= 15 is 0 Å². The van der Waals surface area contributed by atoms with Crippen LogP contribution in [-0.4, -0.2) is 40.0 Å². The zero-order chi connectivity index (χ0) is 18.3. The molecule has 0 radical (unpaired) electrons. The molecule has 1 fully saturated rings. The van der Waals surface area contributed by atoms with E-state index in [1.807, 2.05) is 12.1 Å². The summed E-state index contributed by atoms with van der Waals surface area (Å²) in [6.07, 6.45) is -3.09. The predicted molar refractivity (Wildman–Crippen MR) is 87.9 cm³/mol. The molecule has 0 saturated carbocycles. The first kappa shape index (κ1) is 16.4. The molecule has 1 aliphatic heterocycles. The van der Waals surface area contributed by atoms with E-state index in [4.69, 9.17) is 4.74 Å². The van der Waals surface area contributed by atoms with Gasteiger partial charge in [0.2, 0.25) is 5.88 Å².